The zero-order valence-corrected chi connectivity index (χ0v) is 16.2. The highest BCUT2D eigenvalue weighted by Gasteiger charge is 2.33. The Balaban J connectivity index is 0.00000288. The summed E-state index contributed by atoms with van der Waals surface area (Å²) in [5, 5.41) is 6.97. The van der Waals surface area contributed by atoms with Crippen molar-refractivity contribution < 1.29 is 18.0 Å². The maximum Gasteiger partial charge on any atom is 0.434 e. The van der Waals surface area contributed by atoms with E-state index in [1.54, 1.807) is 4.90 Å². The lowest BCUT2D eigenvalue weighted by atomic mass is 10.4. The molecule has 1 aliphatic rings. The van der Waals surface area contributed by atoms with Gasteiger partial charge in [-0.05, 0) is 12.8 Å². The first-order chi connectivity index (χ1) is 10.9. The van der Waals surface area contributed by atoms with Crippen molar-refractivity contribution >= 4 is 47.2 Å². The maximum absolute atomic E-state index is 12.5. The second-order valence-electron chi connectivity index (χ2n) is 4.99. The highest BCUT2D eigenvalue weighted by atomic mass is 127. The van der Waals surface area contributed by atoms with Gasteiger partial charge in [0.2, 0.25) is 5.91 Å². The largest absolute Gasteiger partial charge is 0.434 e. The number of aromatic nitrogens is 1. The second-order valence-corrected chi connectivity index (χ2v) is 5.93. The monoisotopic (exact) mass is 477 g/mol. The van der Waals surface area contributed by atoms with E-state index in [9.17, 15) is 18.0 Å². The van der Waals surface area contributed by atoms with Gasteiger partial charge in [-0.3, -0.25) is 9.79 Å². The summed E-state index contributed by atoms with van der Waals surface area (Å²) < 4.78 is 37.4. The fraction of sp³-hybridized carbons (Fsp3) is 0.615. The van der Waals surface area contributed by atoms with Crippen LogP contribution >= 0.6 is 35.3 Å². The van der Waals surface area contributed by atoms with Crippen LogP contribution < -0.4 is 10.6 Å². The molecule has 2 heterocycles. The Labute approximate surface area is 158 Å². The minimum atomic E-state index is -4.43. The molecule has 1 aromatic rings. The van der Waals surface area contributed by atoms with E-state index < -0.39 is 11.9 Å². The van der Waals surface area contributed by atoms with E-state index in [-0.39, 0.29) is 43.0 Å². The van der Waals surface area contributed by atoms with Gasteiger partial charge in [-0.2, -0.15) is 13.2 Å². The third kappa shape index (κ3) is 6.07. The number of likely N-dealkylation sites (tertiary alicyclic amines) is 1. The molecule has 1 saturated heterocycles. The Hall–Kier alpha value is -1.11. The summed E-state index contributed by atoms with van der Waals surface area (Å²) in [4.78, 5) is 21.1. The van der Waals surface area contributed by atoms with Crippen molar-refractivity contribution in [1.29, 1.82) is 0 Å². The molecule has 1 fully saturated rings. The molecule has 0 aliphatic carbocycles. The predicted molar refractivity (Wildman–Crippen MR) is 96.5 cm³/mol. The van der Waals surface area contributed by atoms with Crippen molar-refractivity contribution in [2.75, 3.05) is 26.7 Å². The Morgan fingerprint density at radius 2 is 2.04 bits per heavy atom. The molecule has 1 amide bonds. The van der Waals surface area contributed by atoms with Crippen molar-refractivity contribution in [2.24, 2.45) is 4.99 Å². The minimum Gasteiger partial charge on any atom is -0.350 e. The number of rotatable bonds is 4. The SMILES string of the molecule is CN=C(NCC(=O)N1CCCC1)NCc1nc(C(F)(F)F)cs1.I. The quantitative estimate of drug-likeness (QED) is 0.396. The van der Waals surface area contributed by atoms with Crippen LogP contribution in [0.3, 0.4) is 0 Å². The molecular weight excluding hydrogens is 458 g/mol. The fourth-order valence-corrected chi connectivity index (χ4v) is 2.88. The van der Waals surface area contributed by atoms with Crippen LogP contribution in [0.25, 0.3) is 0 Å². The molecular formula is C13H19F3IN5OS. The summed E-state index contributed by atoms with van der Waals surface area (Å²) in [6.45, 7) is 1.75. The van der Waals surface area contributed by atoms with Crippen molar-refractivity contribution in [3.8, 4) is 0 Å². The normalized spacial score (nSPS) is 15.2. The smallest absolute Gasteiger partial charge is 0.350 e. The topological polar surface area (TPSA) is 69.6 Å². The number of carbonyl (C=O) groups is 1. The summed E-state index contributed by atoms with van der Waals surface area (Å²) in [5.41, 5.74) is -0.897. The molecule has 0 bridgehead atoms. The number of hydrogen-bond donors (Lipinski definition) is 2. The van der Waals surface area contributed by atoms with Gasteiger partial charge in [-0.25, -0.2) is 4.98 Å². The molecule has 1 aliphatic heterocycles. The van der Waals surface area contributed by atoms with E-state index in [1.165, 1.54) is 7.05 Å². The number of thiazole rings is 1. The van der Waals surface area contributed by atoms with Gasteiger partial charge in [0.1, 0.15) is 5.01 Å². The molecule has 0 spiro atoms. The van der Waals surface area contributed by atoms with Gasteiger partial charge in [-0.1, -0.05) is 0 Å². The maximum atomic E-state index is 12.5. The van der Waals surface area contributed by atoms with Crippen molar-refractivity contribution in [1.82, 2.24) is 20.5 Å². The molecule has 0 unspecified atom stereocenters. The molecule has 2 N–H and O–H groups in total. The Morgan fingerprint density at radius 1 is 1.38 bits per heavy atom. The summed E-state index contributed by atoms with van der Waals surface area (Å²) in [6.07, 6.45) is -2.40. The molecule has 0 aromatic carbocycles. The molecule has 11 heteroatoms. The zero-order chi connectivity index (χ0) is 16.9. The van der Waals surface area contributed by atoms with Crippen LogP contribution in [-0.4, -0.2) is 48.4 Å². The van der Waals surface area contributed by atoms with E-state index in [1.807, 2.05) is 0 Å². The lowest BCUT2D eigenvalue weighted by molar-refractivity contribution is -0.140. The third-order valence-corrected chi connectivity index (χ3v) is 4.19. The molecule has 6 nitrogen and oxygen atoms in total. The van der Waals surface area contributed by atoms with Crippen LogP contribution in [0.1, 0.15) is 23.5 Å². The molecule has 0 saturated carbocycles. The van der Waals surface area contributed by atoms with Crippen molar-refractivity contribution in [3.05, 3.63) is 16.1 Å². The molecule has 2 rings (SSSR count). The molecule has 1 aromatic heterocycles. The number of alkyl halides is 3. The highest BCUT2D eigenvalue weighted by Crippen LogP contribution is 2.29. The first-order valence-corrected chi connectivity index (χ1v) is 8.02. The van der Waals surface area contributed by atoms with Crippen LogP contribution in [0.5, 0.6) is 0 Å². The van der Waals surface area contributed by atoms with Crippen molar-refractivity contribution in [2.45, 2.75) is 25.6 Å². The standard InChI is InChI=1S/C13H18F3N5OS.HI/c1-17-12(19-7-11(22)21-4-2-3-5-21)18-6-10-20-9(8-23-10)13(14,15)16;/h8H,2-7H2,1H3,(H2,17,18,19);1H. The predicted octanol–water partition coefficient (Wildman–Crippen LogP) is 2.07. The number of nitrogens with one attached hydrogen (secondary N) is 2. The summed E-state index contributed by atoms with van der Waals surface area (Å²) >= 11 is 0.922. The Morgan fingerprint density at radius 3 is 2.58 bits per heavy atom. The van der Waals surface area contributed by atoms with Gasteiger partial charge in [0.25, 0.3) is 0 Å². The van der Waals surface area contributed by atoms with Crippen molar-refractivity contribution in [3.63, 3.8) is 0 Å². The summed E-state index contributed by atoms with van der Waals surface area (Å²) in [5.74, 6) is 0.334. The van der Waals surface area contributed by atoms with Crippen LogP contribution in [0.15, 0.2) is 10.4 Å². The number of amides is 1. The summed E-state index contributed by atoms with van der Waals surface area (Å²) in [7, 11) is 1.53. The number of carbonyl (C=O) groups excluding carboxylic acids is 1. The van der Waals surface area contributed by atoms with E-state index >= 15 is 0 Å². The molecule has 24 heavy (non-hydrogen) atoms. The first kappa shape index (κ1) is 20.9. The number of nitrogens with zero attached hydrogens (tertiary/aromatic N) is 3. The molecule has 0 radical (unpaired) electrons. The van der Waals surface area contributed by atoms with Gasteiger partial charge in [-0.15, -0.1) is 35.3 Å². The average Bonchev–Trinajstić information content (AvgIpc) is 3.18. The molecule has 136 valence electrons. The summed E-state index contributed by atoms with van der Waals surface area (Å²) in [6, 6.07) is 0. The van der Waals surface area contributed by atoms with Crippen LogP contribution in [0.4, 0.5) is 13.2 Å². The number of guanidine groups is 1. The zero-order valence-electron chi connectivity index (χ0n) is 13.0. The van der Waals surface area contributed by atoms with E-state index in [4.69, 9.17) is 0 Å². The number of hydrogen-bond acceptors (Lipinski definition) is 4. The van der Waals surface area contributed by atoms with E-state index in [2.05, 4.69) is 20.6 Å². The molecule has 0 atom stereocenters. The van der Waals surface area contributed by atoms with Gasteiger partial charge in [0.15, 0.2) is 11.7 Å². The third-order valence-electron chi connectivity index (χ3n) is 3.34. The second kappa shape index (κ2) is 9.39. The lowest BCUT2D eigenvalue weighted by Crippen LogP contribution is -2.43. The van der Waals surface area contributed by atoms with Crippen LogP contribution in [-0.2, 0) is 17.5 Å². The lowest BCUT2D eigenvalue weighted by Gasteiger charge is -2.17. The van der Waals surface area contributed by atoms with Gasteiger partial charge >= 0.3 is 6.18 Å². The van der Waals surface area contributed by atoms with Crippen LogP contribution in [0, 0.1) is 0 Å². The van der Waals surface area contributed by atoms with Gasteiger partial charge < -0.3 is 15.5 Å². The van der Waals surface area contributed by atoms with Gasteiger partial charge in [0.05, 0.1) is 13.1 Å². The average molecular weight is 477 g/mol. The number of aliphatic imine (C=N–C) groups is 1. The Kier molecular flexibility index (Phi) is 8.19. The highest BCUT2D eigenvalue weighted by molar-refractivity contribution is 14.0. The first-order valence-electron chi connectivity index (χ1n) is 7.14. The van der Waals surface area contributed by atoms with E-state index in [0.717, 1.165) is 42.6 Å². The van der Waals surface area contributed by atoms with Gasteiger partial charge in [0, 0.05) is 25.5 Å². The van der Waals surface area contributed by atoms with Crippen LogP contribution in [0.2, 0.25) is 0 Å². The van der Waals surface area contributed by atoms with E-state index in [0.29, 0.717) is 11.0 Å². The Bertz CT molecular complexity index is 572. The number of halogens is 4. The fourth-order valence-electron chi connectivity index (χ4n) is 2.14. The minimum absolute atomic E-state index is 0.